The fraction of sp³-hybridized carbons (Fsp3) is 0. The summed E-state index contributed by atoms with van der Waals surface area (Å²) in [6.07, 6.45) is 0. The molecule has 0 bridgehead atoms. The maximum atomic E-state index is 10.5. The van der Waals surface area contributed by atoms with Crippen LogP contribution in [0, 0.1) is 0 Å². The minimum atomic E-state index is -0.539. The Hall–Kier alpha value is -6.85. The number of hydrogen-bond donors (Lipinski definition) is 0. The zero-order chi connectivity index (χ0) is 47.9. The molecule has 2 nitrogen and oxygen atoms in total. The van der Waals surface area contributed by atoms with Crippen molar-refractivity contribution in [2.45, 2.75) is 0 Å². The molecule has 0 fully saturated rings. The van der Waals surface area contributed by atoms with Gasteiger partial charge in [0.15, 0.2) is 0 Å². The van der Waals surface area contributed by atoms with Gasteiger partial charge in [0.1, 0.15) is 5.01 Å². The van der Waals surface area contributed by atoms with Crippen LogP contribution in [0.1, 0.15) is 16.4 Å². The maximum Gasteiger partial charge on any atom is 0.126 e. The molecule has 0 saturated carbocycles. The third-order valence-electron chi connectivity index (χ3n) is 10.6. The molecule has 0 spiro atoms. The van der Waals surface area contributed by atoms with E-state index in [2.05, 4.69) is 30.3 Å². The zero-order valence-electron chi connectivity index (χ0n) is 41.8. The third kappa shape index (κ3) is 5.19. The first kappa shape index (κ1) is 22.6. The normalized spacial score (nSPS) is 14.8. The van der Waals surface area contributed by atoms with Crippen molar-refractivity contribution in [1.82, 2.24) is 4.98 Å². The van der Waals surface area contributed by atoms with Crippen LogP contribution in [0.5, 0.6) is 0 Å². The summed E-state index contributed by atoms with van der Waals surface area (Å²) in [6.45, 7) is 0. The number of anilines is 3. The average Bonchev–Trinajstić information content (AvgIpc) is 4.01. The van der Waals surface area contributed by atoms with Crippen LogP contribution in [0.2, 0.25) is 0 Å². The molecule has 0 N–H and O–H groups in total. The van der Waals surface area contributed by atoms with Gasteiger partial charge in [-0.1, -0.05) is 145 Å². The molecule has 12 aromatic rings. The Morgan fingerprint density at radius 2 is 1.11 bits per heavy atom. The summed E-state index contributed by atoms with van der Waals surface area (Å²) >= 11 is 1.98. The van der Waals surface area contributed by atoms with Crippen LogP contribution in [-0.4, -0.2) is 4.98 Å². The van der Waals surface area contributed by atoms with Gasteiger partial charge in [-0.25, -0.2) is 4.98 Å². The van der Waals surface area contributed by atoms with E-state index in [9.17, 15) is 5.48 Å². The molecular formula is C53H32N2S2. The van der Waals surface area contributed by atoms with Crippen LogP contribution in [-0.2, 0) is 0 Å². The summed E-state index contributed by atoms with van der Waals surface area (Å²) in [4.78, 5) is 6.73. The SMILES string of the molecule is [2H]c1c([2H])c([2H])c2sc(-c3c(N(c4ccc(-c5ccccc5)cc4)c4ccc5c6ccccc6c6ccccc6c5c4)c([2H])c4c(sc5c6c([2H])c([2H])c([2H])c([2H])c6c([2H])c([2H])c54)c3[2H])nc2c1[2H]. The number of rotatable bonds is 5. The van der Waals surface area contributed by atoms with Crippen molar-refractivity contribution < 1.29 is 16.4 Å². The molecule has 4 heteroatoms. The fourth-order valence-electron chi connectivity index (χ4n) is 7.96. The summed E-state index contributed by atoms with van der Waals surface area (Å²) in [5.41, 5.74) is 3.39. The molecular weight excluding hydrogens is 729 g/mol. The molecule has 2 heterocycles. The first-order chi connectivity index (χ1) is 33.3. The van der Waals surface area contributed by atoms with Crippen molar-refractivity contribution in [2.24, 2.45) is 0 Å². The molecule has 57 heavy (non-hydrogen) atoms. The highest BCUT2D eigenvalue weighted by Gasteiger charge is 2.23. The van der Waals surface area contributed by atoms with Crippen molar-refractivity contribution in [3.63, 3.8) is 0 Å². The number of para-hydroxylation sites is 1. The molecule has 266 valence electrons. The van der Waals surface area contributed by atoms with Gasteiger partial charge in [0.2, 0.25) is 0 Å². The molecule has 0 radical (unpaired) electrons. The van der Waals surface area contributed by atoms with Gasteiger partial charge < -0.3 is 4.90 Å². The van der Waals surface area contributed by atoms with E-state index in [0.29, 0.717) is 11.4 Å². The quantitative estimate of drug-likeness (QED) is 0.162. The Bertz CT molecular complexity index is 4150. The van der Waals surface area contributed by atoms with Gasteiger partial charge in [0.25, 0.3) is 0 Å². The zero-order valence-corrected chi connectivity index (χ0v) is 31.4. The van der Waals surface area contributed by atoms with Crippen LogP contribution in [0.4, 0.5) is 17.1 Å². The second-order valence-corrected chi connectivity index (χ2v) is 15.8. The van der Waals surface area contributed by atoms with Crippen molar-refractivity contribution in [2.75, 3.05) is 4.90 Å². The average molecular weight is 773 g/mol. The number of thiophene rings is 1. The molecule has 0 aliphatic rings. The van der Waals surface area contributed by atoms with E-state index < -0.39 is 42.3 Å². The van der Waals surface area contributed by atoms with Crippen molar-refractivity contribution in [3.05, 3.63) is 194 Å². The van der Waals surface area contributed by atoms with E-state index in [1.54, 1.807) is 0 Å². The van der Waals surface area contributed by atoms with Gasteiger partial charge in [0, 0.05) is 37.1 Å². The first-order valence-electron chi connectivity index (χ1n) is 24.3. The lowest BCUT2D eigenvalue weighted by molar-refractivity contribution is 1.29. The van der Waals surface area contributed by atoms with E-state index in [-0.39, 0.29) is 87.6 Å². The number of thiazole rings is 1. The number of hydrogen-bond acceptors (Lipinski definition) is 4. The standard InChI is InChI=1S/C53H32N2S2/c1-2-12-33(13-3-1)34-22-25-36(26-23-34)55(37-27-29-43-41-18-7-6-16-39(41)40-17-8-9-19-42(40)45(43)30-37)49-31-46-44-28-24-35-14-4-5-15-38(35)52(44)56-51(46)32-47(49)53-54-48-20-10-11-21-50(48)57-53/h1-32H/i4D,5D,10D,11D,14D,15D,20D,21D,24D,28D,31D,32D. The Morgan fingerprint density at radius 1 is 0.456 bits per heavy atom. The number of fused-ring (bicyclic) bond motifs is 12. The highest BCUT2D eigenvalue weighted by atomic mass is 32.1. The monoisotopic (exact) mass is 772 g/mol. The van der Waals surface area contributed by atoms with E-state index in [1.165, 1.54) is 0 Å². The second kappa shape index (κ2) is 12.9. The van der Waals surface area contributed by atoms with Crippen LogP contribution >= 0.6 is 22.7 Å². The number of aromatic nitrogens is 1. The fourth-order valence-corrected chi connectivity index (χ4v) is 9.96. The van der Waals surface area contributed by atoms with Crippen LogP contribution in [0.25, 0.3) is 95.2 Å². The number of nitrogens with zero attached hydrogens (tertiary/aromatic N) is 2. The molecule has 0 amide bonds. The van der Waals surface area contributed by atoms with Crippen LogP contribution < -0.4 is 4.90 Å². The Labute approximate surface area is 354 Å². The molecule has 0 unspecified atom stereocenters. The summed E-state index contributed by atoms with van der Waals surface area (Å²) in [6, 6.07) is 35.6. The summed E-state index contributed by atoms with van der Waals surface area (Å²) in [5.74, 6) is 0. The van der Waals surface area contributed by atoms with Gasteiger partial charge in [-0.3, -0.25) is 0 Å². The Balaban J connectivity index is 1.26. The number of benzene rings is 10. The minimum Gasteiger partial charge on any atom is -0.310 e. The van der Waals surface area contributed by atoms with Gasteiger partial charge in [0.05, 0.1) is 32.4 Å². The van der Waals surface area contributed by atoms with Gasteiger partial charge in [-0.15, -0.1) is 22.7 Å². The predicted molar refractivity (Wildman–Crippen MR) is 248 cm³/mol. The largest absolute Gasteiger partial charge is 0.310 e. The van der Waals surface area contributed by atoms with Crippen molar-refractivity contribution in [3.8, 4) is 21.7 Å². The van der Waals surface area contributed by atoms with Crippen LogP contribution in [0.3, 0.4) is 0 Å². The van der Waals surface area contributed by atoms with Crippen LogP contribution in [0.15, 0.2) is 194 Å². The van der Waals surface area contributed by atoms with E-state index in [1.807, 2.05) is 95.9 Å². The lowest BCUT2D eigenvalue weighted by Crippen LogP contribution is -2.11. The van der Waals surface area contributed by atoms with Crippen molar-refractivity contribution >= 4 is 113 Å². The highest BCUT2D eigenvalue weighted by molar-refractivity contribution is 7.27. The van der Waals surface area contributed by atoms with E-state index in [4.69, 9.17) is 16.0 Å². The predicted octanol–water partition coefficient (Wildman–Crippen LogP) is 16.1. The smallest absolute Gasteiger partial charge is 0.126 e. The summed E-state index contributed by atoms with van der Waals surface area (Å²) in [5, 5.41) is 6.37. The molecule has 0 atom stereocenters. The molecule has 0 saturated heterocycles. The lowest BCUT2D eigenvalue weighted by Gasteiger charge is -2.28. The van der Waals surface area contributed by atoms with E-state index >= 15 is 0 Å². The Morgan fingerprint density at radius 3 is 1.89 bits per heavy atom. The molecule has 2 aromatic heterocycles. The van der Waals surface area contributed by atoms with E-state index in [0.717, 1.165) is 66.1 Å². The minimum absolute atomic E-state index is 0.00594. The topological polar surface area (TPSA) is 16.1 Å². The second-order valence-electron chi connectivity index (χ2n) is 13.8. The highest BCUT2D eigenvalue weighted by Crippen LogP contribution is 2.49. The first-order valence-corrected chi connectivity index (χ1v) is 19.9. The van der Waals surface area contributed by atoms with Crippen molar-refractivity contribution in [1.29, 1.82) is 0 Å². The third-order valence-corrected chi connectivity index (χ3v) is 12.7. The summed E-state index contributed by atoms with van der Waals surface area (Å²) in [7, 11) is 0. The molecule has 12 rings (SSSR count). The molecule has 10 aromatic carbocycles. The lowest BCUT2D eigenvalue weighted by atomic mass is 9.94. The van der Waals surface area contributed by atoms with Gasteiger partial charge in [-0.2, -0.15) is 0 Å². The molecule has 0 aliphatic heterocycles. The van der Waals surface area contributed by atoms with Gasteiger partial charge >= 0.3 is 0 Å². The van der Waals surface area contributed by atoms with Gasteiger partial charge in [-0.05, 0) is 103 Å². The summed E-state index contributed by atoms with van der Waals surface area (Å²) < 4.78 is 110. The Kier molecular flexibility index (Phi) is 5.11. The maximum absolute atomic E-state index is 10.5. The molecule has 0 aliphatic carbocycles.